The summed E-state index contributed by atoms with van der Waals surface area (Å²) in [5, 5.41) is 0. The van der Waals surface area contributed by atoms with E-state index in [-0.39, 0.29) is 16.8 Å². The van der Waals surface area contributed by atoms with Crippen molar-refractivity contribution in [2.75, 3.05) is 13.2 Å². The third-order valence-corrected chi connectivity index (χ3v) is 5.35. The monoisotopic (exact) mass is 503 g/mol. The normalized spacial score (nSPS) is 12.6. The first-order valence-electron chi connectivity index (χ1n) is 11.3. The molecule has 0 spiro atoms. The molecule has 0 rings (SSSR count). The van der Waals surface area contributed by atoms with Crippen molar-refractivity contribution < 1.29 is 44.7 Å². The molecular formula is C20H46CoO6P2. The molecule has 0 bridgehead atoms. The molecule has 9 heteroatoms. The number of rotatable bonds is 20. The zero-order valence-corrected chi connectivity index (χ0v) is 21.6. The van der Waals surface area contributed by atoms with Crippen LogP contribution < -0.4 is 0 Å². The molecule has 0 aliphatic heterocycles. The Morgan fingerprint density at radius 3 is 1.00 bits per heavy atom. The minimum Gasteiger partial charge on any atom is -0.326 e. The van der Waals surface area contributed by atoms with Gasteiger partial charge >= 0.3 is 16.5 Å². The molecule has 0 aliphatic rings. The third-order valence-electron chi connectivity index (χ3n) is 4.45. The van der Waals surface area contributed by atoms with Gasteiger partial charge in [0, 0.05) is 16.8 Å². The van der Waals surface area contributed by atoms with Crippen LogP contribution in [0.25, 0.3) is 0 Å². The molecule has 2 atom stereocenters. The summed E-state index contributed by atoms with van der Waals surface area (Å²) in [5.74, 6) is 0. The van der Waals surface area contributed by atoms with E-state index < -0.39 is 16.5 Å². The molecule has 0 heterocycles. The predicted octanol–water partition coefficient (Wildman–Crippen LogP) is 7.05. The molecule has 0 aliphatic carbocycles. The summed E-state index contributed by atoms with van der Waals surface area (Å²) in [5.41, 5.74) is 0. The first-order valence-corrected chi connectivity index (χ1v) is 13.8. The molecule has 0 amide bonds. The maximum Gasteiger partial charge on any atom is 0.316 e. The Hall–Kier alpha value is 0.806. The van der Waals surface area contributed by atoms with Crippen LogP contribution in [0, 0.1) is 0 Å². The minimum atomic E-state index is -2.69. The zero-order chi connectivity index (χ0) is 21.3. The average molecular weight is 503 g/mol. The second kappa shape index (κ2) is 31.0. The smallest absolute Gasteiger partial charge is 0.316 e. The number of unbranched alkanes of at least 4 members (excludes halogenated alkanes) is 14. The Balaban J connectivity index is -0.000000451. The van der Waals surface area contributed by atoms with Gasteiger partial charge in [-0.1, -0.05) is 104 Å². The molecule has 0 aromatic carbocycles. The fourth-order valence-corrected chi connectivity index (χ4v) is 3.43. The van der Waals surface area contributed by atoms with Crippen molar-refractivity contribution in [3.8, 4) is 0 Å². The van der Waals surface area contributed by atoms with Crippen LogP contribution in [0.2, 0.25) is 0 Å². The van der Waals surface area contributed by atoms with Crippen molar-refractivity contribution in [2.45, 2.75) is 117 Å². The summed E-state index contributed by atoms with van der Waals surface area (Å²) in [6.07, 6.45) is 19.7. The molecular weight excluding hydrogens is 457 g/mol. The topological polar surface area (TPSA) is 93.1 Å². The van der Waals surface area contributed by atoms with E-state index in [0.29, 0.717) is 13.2 Å². The van der Waals surface area contributed by atoms with E-state index in [9.17, 15) is 9.13 Å². The van der Waals surface area contributed by atoms with Gasteiger partial charge in [-0.15, -0.1) is 0 Å². The zero-order valence-electron chi connectivity index (χ0n) is 18.6. The van der Waals surface area contributed by atoms with Crippen LogP contribution in [0.15, 0.2) is 0 Å². The van der Waals surface area contributed by atoms with Crippen molar-refractivity contribution in [2.24, 2.45) is 0 Å². The Morgan fingerprint density at radius 1 is 0.517 bits per heavy atom. The summed E-state index contributed by atoms with van der Waals surface area (Å²) in [6.45, 7) is 5.30. The maximum atomic E-state index is 10.2. The van der Waals surface area contributed by atoms with Gasteiger partial charge in [0.05, 0.1) is 13.2 Å². The van der Waals surface area contributed by atoms with E-state index in [1.54, 1.807) is 0 Å². The Labute approximate surface area is 191 Å². The van der Waals surface area contributed by atoms with Crippen LogP contribution in [0.4, 0.5) is 0 Å². The SMILES string of the molecule is CCCCCCCCCCO[PH](=O)O.CCCCCCCCCCO[PH](=O)O.[Co]. The summed E-state index contributed by atoms with van der Waals surface area (Å²) in [6, 6.07) is 0. The van der Waals surface area contributed by atoms with Gasteiger partial charge in [0.15, 0.2) is 0 Å². The molecule has 181 valence electrons. The van der Waals surface area contributed by atoms with E-state index in [1.165, 1.54) is 77.0 Å². The summed E-state index contributed by atoms with van der Waals surface area (Å²) in [7, 11) is -5.38. The van der Waals surface area contributed by atoms with Crippen molar-refractivity contribution in [1.82, 2.24) is 0 Å². The molecule has 29 heavy (non-hydrogen) atoms. The fraction of sp³-hybridized carbons (Fsp3) is 1.00. The van der Waals surface area contributed by atoms with Gasteiger partial charge in [0.1, 0.15) is 0 Å². The number of hydrogen-bond donors (Lipinski definition) is 2. The second-order valence-corrected chi connectivity index (χ2v) is 8.82. The van der Waals surface area contributed by atoms with Crippen LogP contribution in [0.1, 0.15) is 117 Å². The summed E-state index contributed by atoms with van der Waals surface area (Å²) < 4.78 is 29.5. The second-order valence-electron chi connectivity index (χ2n) is 7.18. The van der Waals surface area contributed by atoms with E-state index in [0.717, 1.165) is 25.7 Å². The molecule has 1 radical (unpaired) electrons. The maximum absolute atomic E-state index is 10.2. The first kappa shape index (κ1) is 34.4. The molecule has 0 aromatic rings. The Morgan fingerprint density at radius 2 is 0.759 bits per heavy atom. The van der Waals surface area contributed by atoms with Gasteiger partial charge in [-0.05, 0) is 12.8 Å². The molecule has 2 unspecified atom stereocenters. The third kappa shape index (κ3) is 39.8. The summed E-state index contributed by atoms with van der Waals surface area (Å²) >= 11 is 0. The molecule has 2 N–H and O–H groups in total. The molecule has 0 aromatic heterocycles. The van der Waals surface area contributed by atoms with Crippen LogP contribution in [0.3, 0.4) is 0 Å². The van der Waals surface area contributed by atoms with Gasteiger partial charge < -0.3 is 18.8 Å². The minimum absolute atomic E-state index is 0. The Kier molecular flexibility index (Phi) is 36.8. The quantitative estimate of drug-likeness (QED) is 0.137. The Bertz CT molecular complexity index is 317. The summed E-state index contributed by atoms with van der Waals surface area (Å²) in [4.78, 5) is 16.8. The van der Waals surface area contributed by atoms with Crippen LogP contribution in [-0.2, 0) is 35.0 Å². The van der Waals surface area contributed by atoms with E-state index >= 15 is 0 Å². The standard InChI is InChI=1S/2C10H23O3P.Co/c2*1-2-3-4-5-6-7-8-9-10-13-14(11)12;/h2*14H,2-10H2,1H3,(H,11,12);. The molecule has 0 fully saturated rings. The predicted molar refractivity (Wildman–Crippen MR) is 120 cm³/mol. The van der Waals surface area contributed by atoms with E-state index in [4.69, 9.17) is 9.79 Å². The van der Waals surface area contributed by atoms with E-state index in [2.05, 4.69) is 22.9 Å². The van der Waals surface area contributed by atoms with Crippen molar-refractivity contribution >= 4 is 16.5 Å². The molecule has 6 nitrogen and oxygen atoms in total. The van der Waals surface area contributed by atoms with Crippen LogP contribution in [-0.4, -0.2) is 23.0 Å². The van der Waals surface area contributed by atoms with Crippen LogP contribution >= 0.6 is 16.5 Å². The van der Waals surface area contributed by atoms with Gasteiger partial charge in [-0.25, -0.2) is 0 Å². The average Bonchev–Trinajstić information content (AvgIpc) is 2.65. The van der Waals surface area contributed by atoms with Gasteiger partial charge in [0.2, 0.25) is 0 Å². The van der Waals surface area contributed by atoms with Crippen molar-refractivity contribution in [3.63, 3.8) is 0 Å². The van der Waals surface area contributed by atoms with Crippen molar-refractivity contribution in [3.05, 3.63) is 0 Å². The molecule has 0 saturated carbocycles. The van der Waals surface area contributed by atoms with Gasteiger partial charge in [-0.2, -0.15) is 0 Å². The van der Waals surface area contributed by atoms with Gasteiger partial charge in [0.25, 0.3) is 0 Å². The van der Waals surface area contributed by atoms with Crippen LogP contribution in [0.5, 0.6) is 0 Å². The largest absolute Gasteiger partial charge is 0.326 e. The first-order chi connectivity index (χ1) is 13.5. The van der Waals surface area contributed by atoms with Gasteiger partial charge in [-0.3, -0.25) is 9.13 Å². The number of hydrogen-bond acceptors (Lipinski definition) is 4. The fourth-order valence-electron chi connectivity index (χ4n) is 2.79. The molecule has 0 saturated heterocycles. The van der Waals surface area contributed by atoms with E-state index in [1.807, 2.05) is 0 Å². The van der Waals surface area contributed by atoms with Crippen molar-refractivity contribution in [1.29, 1.82) is 0 Å².